The van der Waals surface area contributed by atoms with Crippen LogP contribution in [-0.2, 0) is 4.79 Å². The summed E-state index contributed by atoms with van der Waals surface area (Å²) in [5.41, 5.74) is 1.70. The Morgan fingerprint density at radius 1 is 1.35 bits per heavy atom. The van der Waals surface area contributed by atoms with Crippen molar-refractivity contribution in [3.8, 4) is 11.5 Å². The van der Waals surface area contributed by atoms with E-state index in [2.05, 4.69) is 4.98 Å². The van der Waals surface area contributed by atoms with Crippen molar-refractivity contribution in [2.45, 2.75) is 31.8 Å². The van der Waals surface area contributed by atoms with E-state index in [1.54, 1.807) is 24.4 Å². The molecule has 2 aliphatic rings. The second-order valence-electron chi connectivity index (χ2n) is 6.48. The first-order valence-corrected chi connectivity index (χ1v) is 9.02. The normalized spacial score (nSPS) is 16.7. The van der Waals surface area contributed by atoms with Gasteiger partial charge in [0.2, 0.25) is 12.7 Å². The lowest BCUT2D eigenvalue weighted by Gasteiger charge is -2.28. The molecule has 1 aromatic carbocycles. The highest BCUT2D eigenvalue weighted by atomic mass is 35.5. The van der Waals surface area contributed by atoms with Crippen molar-refractivity contribution in [3.05, 3.63) is 58.9 Å². The van der Waals surface area contributed by atoms with Crippen molar-refractivity contribution in [1.29, 1.82) is 0 Å². The zero-order valence-corrected chi connectivity index (χ0v) is 15.1. The number of benzene rings is 1. The molecule has 6 heteroatoms. The minimum Gasteiger partial charge on any atom is -0.454 e. The van der Waals surface area contributed by atoms with Crippen molar-refractivity contribution >= 4 is 23.6 Å². The number of fused-ring (bicyclic) bond motifs is 1. The smallest absolute Gasteiger partial charge is 0.247 e. The van der Waals surface area contributed by atoms with E-state index in [0.29, 0.717) is 16.5 Å². The molecular weight excluding hydrogens is 352 g/mol. The minimum absolute atomic E-state index is 0.0283. The van der Waals surface area contributed by atoms with Gasteiger partial charge in [0.1, 0.15) is 0 Å². The fraction of sp³-hybridized carbons (Fsp3) is 0.300. The van der Waals surface area contributed by atoms with Crippen LogP contribution >= 0.6 is 11.6 Å². The van der Waals surface area contributed by atoms with Gasteiger partial charge in [-0.25, -0.2) is 0 Å². The van der Waals surface area contributed by atoms with Gasteiger partial charge >= 0.3 is 0 Å². The lowest BCUT2D eigenvalue weighted by molar-refractivity contribution is -0.128. The van der Waals surface area contributed by atoms with Gasteiger partial charge in [-0.15, -0.1) is 0 Å². The van der Waals surface area contributed by atoms with Crippen LogP contribution in [0.5, 0.6) is 11.5 Å². The van der Waals surface area contributed by atoms with Gasteiger partial charge in [0.05, 0.1) is 16.8 Å². The summed E-state index contributed by atoms with van der Waals surface area (Å²) < 4.78 is 10.7. The molecule has 2 aromatic rings. The third kappa shape index (κ3) is 3.40. The average molecular weight is 371 g/mol. The lowest BCUT2D eigenvalue weighted by Crippen LogP contribution is -2.34. The SMILES string of the molecule is CC(c1ccccn1)N(C(=O)C=Cc1cc(Cl)c2c(c1)OCO2)C1CC1. The quantitative estimate of drug-likeness (QED) is 0.739. The fourth-order valence-corrected chi connectivity index (χ4v) is 3.42. The number of carbonyl (C=O) groups excluding carboxylic acids is 1. The standard InChI is InChI=1S/C20H19ClN2O3/c1-13(17-4-2-3-9-22-17)23(15-6-7-15)19(24)8-5-14-10-16(21)20-18(11-14)25-12-26-20/h2-5,8-11,13,15H,6-7,12H2,1H3. The molecule has 0 radical (unpaired) electrons. The molecular formula is C20H19ClN2O3. The molecule has 1 aliphatic carbocycles. The Morgan fingerprint density at radius 2 is 2.19 bits per heavy atom. The highest BCUT2D eigenvalue weighted by molar-refractivity contribution is 6.32. The largest absolute Gasteiger partial charge is 0.454 e. The number of carbonyl (C=O) groups is 1. The maximum Gasteiger partial charge on any atom is 0.247 e. The molecule has 4 rings (SSSR count). The Hall–Kier alpha value is -2.53. The molecule has 1 atom stereocenters. The first-order valence-electron chi connectivity index (χ1n) is 8.64. The van der Waals surface area contributed by atoms with Crippen LogP contribution in [0.25, 0.3) is 6.08 Å². The van der Waals surface area contributed by atoms with Crippen LogP contribution in [0.4, 0.5) is 0 Å². The van der Waals surface area contributed by atoms with Crippen molar-refractivity contribution in [2.24, 2.45) is 0 Å². The number of nitrogens with zero attached hydrogens (tertiary/aromatic N) is 2. The first kappa shape index (κ1) is 16.9. The van der Waals surface area contributed by atoms with Gasteiger partial charge in [-0.3, -0.25) is 9.78 Å². The molecule has 1 unspecified atom stereocenters. The van der Waals surface area contributed by atoms with Gasteiger partial charge in [0.25, 0.3) is 0 Å². The Balaban J connectivity index is 1.54. The number of amides is 1. The number of aromatic nitrogens is 1. The highest BCUT2D eigenvalue weighted by Gasteiger charge is 2.35. The molecule has 134 valence electrons. The third-order valence-corrected chi connectivity index (χ3v) is 4.88. The molecule has 0 saturated heterocycles. The lowest BCUT2D eigenvalue weighted by atomic mass is 10.1. The van der Waals surface area contributed by atoms with E-state index in [-0.39, 0.29) is 24.8 Å². The van der Waals surface area contributed by atoms with E-state index in [9.17, 15) is 4.79 Å². The van der Waals surface area contributed by atoms with Crippen LogP contribution in [0.2, 0.25) is 5.02 Å². The summed E-state index contributed by atoms with van der Waals surface area (Å²) >= 11 is 6.20. The molecule has 1 amide bonds. The third-order valence-electron chi connectivity index (χ3n) is 4.60. The average Bonchev–Trinajstić information content (AvgIpc) is 3.36. The van der Waals surface area contributed by atoms with Crippen LogP contribution in [0.15, 0.2) is 42.6 Å². The zero-order chi connectivity index (χ0) is 18.1. The summed E-state index contributed by atoms with van der Waals surface area (Å²) in [6.07, 6.45) is 7.17. The predicted octanol–water partition coefficient (Wildman–Crippen LogP) is 4.23. The predicted molar refractivity (Wildman–Crippen MR) is 99.1 cm³/mol. The Kier molecular flexibility index (Phi) is 4.55. The fourth-order valence-electron chi connectivity index (χ4n) is 3.14. The molecule has 1 saturated carbocycles. The summed E-state index contributed by atoms with van der Waals surface area (Å²) in [4.78, 5) is 19.2. The summed E-state index contributed by atoms with van der Waals surface area (Å²) in [5, 5.41) is 0.480. The molecule has 5 nitrogen and oxygen atoms in total. The van der Waals surface area contributed by atoms with Gasteiger partial charge in [0, 0.05) is 18.3 Å². The molecule has 26 heavy (non-hydrogen) atoms. The number of pyridine rings is 1. The van der Waals surface area contributed by atoms with E-state index in [4.69, 9.17) is 21.1 Å². The first-order chi connectivity index (χ1) is 12.6. The minimum atomic E-state index is -0.0683. The monoisotopic (exact) mass is 370 g/mol. The van der Waals surface area contributed by atoms with Crippen LogP contribution < -0.4 is 9.47 Å². The van der Waals surface area contributed by atoms with Crippen molar-refractivity contribution < 1.29 is 14.3 Å². The van der Waals surface area contributed by atoms with Gasteiger partial charge < -0.3 is 14.4 Å². The van der Waals surface area contributed by atoms with Gasteiger partial charge in [-0.1, -0.05) is 17.7 Å². The molecule has 1 aliphatic heterocycles. The van der Waals surface area contributed by atoms with Crippen LogP contribution in [0.1, 0.15) is 37.1 Å². The molecule has 2 heterocycles. The maximum absolute atomic E-state index is 12.9. The highest BCUT2D eigenvalue weighted by Crippen LogP contribution is 2.40. The Bertz CT molecular complexity index is 850. The van der Waals surface area contributed by atoms with E-state index < -0.39 is 0 Å². The Morgan fingerprint density at radius 3 is 2.92 bits per heavy atom. The Labute approximate surface area is 157 Å². The van der Waals surface area contributed by atoms with Crippen molar-refractivity contribution in [3.63, 3.8) is 0 Å². The molecule has 0 bridgehead atoms. The number of hydrogen-bond donors (Lipinski definition) is 0. The summed E-state index contributed by atoms with van der Waals surface area (Å²) in [5.74, 6) is 1.13. The van der Waals surface area contributed by atoms with Gasteiger partial charge in [-0.05, 0) is 55.7 Å². The zero-order valence-electron chi connectivity index (χ0n) is 14.4. The maximum atomic E-state index is 12.9. The number of ether oxygens (including phenoxy) is 2. The van der Waals surface area contributed by atoms with Crippen molar-refractivity contribution in [1.82, 2.24) is 9.88 Å². The summed E-state index contributed by atoms with van der Waals surface area (Å²) in [7, 11) is 0. The second-order valence-corrected chi connectivity index (χ2v) is 6.88. The molecule has 0 spiro atoms. The van der Waals surface area contributed by atoms with Crippen molar-refractivity contribution in [2.75, 3.05) is 6.79 Å². The van der Waals surface area contributed by atoms with E-state index in [1.165, 1.54) is 0 Å². The second kappa shape index (κ2) is 7.00. The summed E-state index contributed by atoms with van der Waals surface area (Å²) in [6, 6.07) is 9.58. The molecule has 1 fully saturated rings. The number of rotatable bonds is 5. The molecule has 0 N–H and O–H groups in total. The van der Waals surface area contributed by atoms with Crippen LogP contribution in [-0.4, -0.2) is 28.6 Å². The van der Waals surface area contributed by atoms with Crippen LogP contribution in [0, 0.1) is 0 Å². The summed E-state index contributed by atoms with van der Waals surface area (Å²) in [6.45, 7) is 2.18. The topological polar surface area (TPSA) is 51.7 Å². The van der Waals surface area contributed by atoms with Crippen LogP contribution in [0.3, 0.4) is 0 Å². The van der Waals surface area contributed by atoms with Gasteiger partial charge in [0.15, 0.2) is 11.5 Å². The number of halogens is 1. The number of hydrogen-bond acceptors (Lipinski definition) is 4. The molecule has 1 aromatic heterocycles. The van der Waals surface area contributed by atoms with E-state index in [0.717, 1.165) is 24.1 Å². The van der Waals surface area contributed by atoms with E-state index >= 15 is 0 Å². The van der Waals surface area contributed by atoms with Gasteiger partial charge in [-0.2, -0.15) is 0 Å². The van der Waals surface area contributed by atoms with E-state index in [1.807, 2.05) is 36.1 Å².